The maximum Gasteiger partial charge on any atom is 0.338 e. The molecule has 0 amide bonds. The molecule has 0 fully saturated rings. The van der Waals surface area contributed by atoms with Gasteiger partial charge in [-0.05, 0) is 45.9 Å². The van der Waals surface area contributed by atoms with Gasteiger partial charge in [-0.2, -0.15) is 0 Å². The number of nitrogens with zero attached hydrogens (tertiary/aromatic N) is 3. The zero-order valence-electron chi connectivity index (χ0n) is 21.9. The molecule has 196 valence electrons. The van der Waals surface area contributed by atoms with Crippen LogP contribution in [0.25, 0.3) is 6.08 Å². The van der Waals surface area contributed by atoms with Gasteiger partial charge in [-0.25, -0.2) is 9.79 Å². The topological polar surface area (TPSA) is 95.5 Å². The van der Waals surface area contributed by atoms with Gasteiger partial charge in [0.25, 0.3) is 5.56 Å². The van der Waals surface area contributed by atoms with E-state index in [1.807, 2.05) is 12.1 Å². The summed E-state index contributed by atoms with van der Waals surface area (Å²) < 4.78 is 24.3. The van der Waals surface area contributed by atoms with E-state index in [2.05, 4.69) is 23.7 Å². The molecule has 0 saturated carbocycles. The minimum absolute atomic E-state index is 0.194. The van der Waals surface area contributed by atoms with Gasteiger partial charge in [-0.15, -0.1) is 0 Å². The van der Waals surface area contributed by atoms with Crippen molar-refractivity contribution in [3.05, 3.63) is 72.6 Å². The second kappa shape index (κ2) is 11.1. The van der Waals surface area contributed by atoms with Crippen molar-refractivity contribution < 1.29 is 23.4 Å². The first-order chi connectivity index (χ1) is 17.9. The van der Waals surface area contributed by atoms with E-state index in [0.29, 0.717) is 37.9 Å². The average molecular weight is 526 g/mol. The highest BCUT2D eigenvalue weighted by atomic mass is 32.1. The molecular formula is C27H31N3O6S. The minimum atomic E-state index is -0.791. The van der Waals surface area contributed by atoms with E-state index < -0.39 is 12.0 Å². The molecule has 2 aromatic heterocycles. The second-order valence-electron chi connectivity index (χ2n) is 8.26. The minimum Gasteiger partial charge on any atom is -0.497 e. The lowest BCUT2D eigenvalue weighted by molar-refractivity contribution is -0.139. The Morgan fingerprint density at radius 1 is 1.16 bits per heavy atom. The Hall–Kier alpha value is -3.79. The number of ether oxygens (including phenoxy) is 3. The first kappa shape index (κ1) is 26.3. The predicted octanol–water partition coefficient (Wildman–Crippen LogP) is 3.25. The van der Waals surface area contributed by atoms with Crippen LogP contribution in [-0.4, -0.2) is 44.5 Å². The fourth-order valence-corrected chi connectivity index (χ4v) is 5.41. The van der Waals surface area contributed by atoms with Crippen LogP contribution < -0.4 is 29.3 Å². The lowest BCUT2D eigenvalue weighted by atomic mass is 9.95. The van der Waals surface area contributed by atoms with Gasteiger partial charge < -0.3 is 23.5 Å². The SMILES string of the molecule is CCOC(=O)C1=C(C)N=c2sc(=Cc3ccc(N(CC)CC)o3)c(=O)n2[C@@H]1c1ccc(OC)cc1OC. The zero-order valence-corrected chi connectivity index (χ0v) is 22.7. The van der Waals surface area contributed by atoms with Crippen molar-refractivity contribution in [2.45, 2.75) is 33.7 Å². The van der Waals surface area contributed by atoms with Crippen molar-refractivity contribution in [1.82, 2.24) is 4.57 Å². The number of anilines is 1. The number of hydrogen-bond acceptors (Lipinski definition) is 9. The van der Waals surface area contributed by atoms with E-state index in [9.17, 15) is 9.59 Å². The molecule has 0 N–H and O–H groups in total. The molecule has 0 radical (unpaired) electrons. The first-order valence-electron chi connectivity index (χ1n) is 12.1. The van der Waals surface area contributed by atoms with Crippen molar-refractivity contribution in [3.8, 4) is 11.5 Å². The fraction of sp³-hybridized carbons (Fsp3) is 0.370. The number of fused-ring (bicyclic) bond motifs is 1. The highest BCUT2D eigenvalue weighted by Gasteiger charge is 2.35. The number of carbonyl (C=O) groups excluding carboxylic acids is 1. The number of benzene rings is 1. The number of hydrogen-bond donors (Lipinski definition) is 0. The monoisotopic (exact) mass is 525 g/mol. The van der Waals surface area contributed by atoms with E-state index in [1.54, 1.807) is 45.2 Å². The van der Waals surface area contributed by atoms with Gasteiger partial charge in [-0.1, -0.05) is 11.3 Å². The Labute approximate surface area is 218 Å². The maximum atomic E-state index is 13.8. The molecule has 0 bridgehead atoms. The number of thiazole rings is 1. The van der Waals surface area contributed by atoms with Crippen LogP contribution in [0.2, 0.25) is 0 Å². The lowest BCUT2D eigenvalue weighted by Crippen LogP contribution is -2.40. The normalized spacial score (nSPS) is 15.3. The summed E-state index contributed by atoms with van der Waals surface area (Å²) in [5.74, 6) is 1.84. The van der Waals surface area contributed by atoms with Crippen molar-refractivity contribution in [1.29, 1.82) is 0 Å². The van der Waals surface area contributed by atoms with Gasteiger partial charge >= 0.3 is 5.97 Å². The number of rotatable bonds is 9. The molecule has 1 aliphatic heterocycles. The van der Waals surface area contributed by atoms with Crippen LogP contribution >= 0.6 is 11.3 Å². The molecule has 4 rings (SSSR count). The molecule has 1 aliphatic rings. The third-order valence-electron chi connectivity index (χ3n) is 6.21. The Balaban J connectivity index is 1.92. The van der Waals surface area contributed by atoms with Crippen LogP contribution in [0.1, 0.15) is 45.1 Å². The van der Waals surface area contributed by atoms with Gasteiger partial charge in [0.1, 0.15) is 23.3 Å². The van der Waals surface area contributed by atoms with E-state index in [1.165, 1.54) is 23.0 Å². The molecule has 0 aliphatic carbocycles. The summed E-state index contributed by atoms with van der Waals surface area (Å²) in [4.78, 5) is 34.1. The van der Waals surface area contributed by atoms with Crippen LogP contribution in [0.5, 0.6) is 11.5 Å². The van der Waals surface area contributed by atoms with Gasteiger partial charge in [0.05, 0.1) is 36.6 Å². The predicted molar refractivity (Wildman–Crippen MR) is 142 cm³/mol. The Morgan fingerprint density at radius 2 is 1.92 bits per heavy atom. The van der Waals surface area contributed by atoms with Gasteiger partial charge in [-0.3, -0.25) is 9.36 Å². The summed E-state index contributed by atoms with van der Waals surface area (Å²) in [5, 5.41) is 0. The van der Waals surface area contributed by atoms with Crippen molar-refractivity contribution in [2.24, 2.45) is 4.99 Å². The van der Waals surface area contributed by atoms with Crippen LogP contribution in [0.15, 0.2) is 55.8 Å². The molecule has 0 saturated heterocycles. The number of methoxy groups -OCH3 is 2. The average Bonchev–Trinajstić information content (AvgIpc) is 3.48. The molecule has 0 spiro atoms. The number of aromatic nitrogens is 1. The third-order valence-corrected chi connectivity index (χ3v) is 7.20. The van der Waals surface area contributed by atoms with E-state index in [0.717, 1.165) is 19.0 Å². The first-order valence-corrected chi connectivity index (χ1v) is 12.9. The number of esters is 1. The van der Waals surface area contributed by atoms with E-state index in [-0.39, 0.29) is 17.7 Å². The molecule has 10 heteroatoms. The van der Waals surface area contributed by atoms with E-state index >= 15 is 0 Å². The molecule has 9 nitrogen and oxygen atoms in total. The smallest absolute Gasteiger partial charge is 0.338 e. The van der Waals surface area contributed by atoms with Crippen LogP contribution in [0.3, 0.4) is 0 Å². The molecule has 37 heavy (non-hydrogen) atoms. The number of furan rings is 1. The highest BCUT2D eigenvalue weighted by Crippen LogP contribution is 2.37. The second-order valence-corrected chi connectivity index (χ2v) is 9.27. The fourth-order valence-electron chi connectivity index (χ4n) is 4.38. The highest BCUT2D eigenvalue weighted by molar-refractivity contribution is 7.07. The Bertz CT molecular complexity index is 1510. The number of carbonyl (C=O) groups is 1. The van der Waals surface area contributed by atoms with Crippen molar-refractivity contribution >= 4 is 29.3 Å². The largest absolute Gasteiger partial charge is 0.497 e. The Morgan fingerprint density at radius 3 is 2.57 bits per heavy atom. The standard InChI is InChI=1S/C27H31N3O6S/c1-7-29(8-2)22-13-11-18(36-22)15-21-25(31)30-24(19-12-10-17(33-5)14-20(19)34-6)23(26(32)35-9-3)16(4)28-27(30)37-21/h10-15,24H,7-9H2,1-6H3/t24-/m1/s1. The van der Waals surface area contributed by atoms with Gasteiger partial charge in [0, 0.05) is 36.9 Å². The van der Waals surface area contributed by atoms with Crippen molar-refractivity contribution in [3.63, 3.8) is 0 Å². The molecule has 1 atom stereocenters. The molecule has 0 unspecified atom stereocenters. The van der Waals surface area contributed by atoms with Crippen LogP contribution in [0, 0.1) is 0 Å². The van der Waals surface area contributed by atoms with Crippen LogP contribution in [0.4, 0.5) is 5.88 Å². The molecule has 1 aromatic carbocycles. The summed E-state index contributed by atoms with van der Waals surface area (Å²) in [6.07, 6.45) is 1.71. The molecular weight excluding hydrogens is 494 g/mol. The molecule has 3 aromatic rings. The molecule has 3 heterocycles. The van der Waals surface area contributed by atoms with Gasteiger partial charge in [0.2, 0.25) is 0 Å². The Kier molecular flexibility index (Phi) is 7.87. The summed E-state index contributed by atoms with van der Waals surface area (Å²) in [6, 6.07) is 8.22. The summed E-state index contributed by atoms with van der Waals surface area (Å²) in [6.45, 7) is 9.41. The van der Waals surface area contributed by atoms with E-state index in [4.69, 9.17) is 18.6 Å². The maximum absolute atomic E-state index is 13.8. The summed E-state index contributed by atoms with van der Waals surface area (Å²) in [5.41, 5.74) is 1.10. The zero-order chi connectivity index (χ0) is 26.7. The van der Waals surface area contributed by atoms with Crippen molar-refractivity contribution in [2.75, 3.05) is 38.8 Å². The summed E-state index contributed by atoms with van der Waals surface area (Å²) >= 11 is 1.24. The third kappa shape index (κ3) is 4.93. The quantitative estimate of drug-likeness (QED) is 0.396. The number of allylic oxidation sites excluding steroid dienone is 1. The van der Waals surface area contributed by atoms with Gasteiger partial charge in [0.15, 0.2) is 10.7 Å². The summed E-state index contributed by atoms with van der Waals surface area (Å²) in [7, 11) is 3.10. The van der Waals surface area contributed by atoms with Crippen LogP contribution in [-0.2, 0) is 9.53 Å². The lowest BCUT2D eigenvalue weighted by Gasteiger charge is -2.26.